The average molecular weight is 582 g/mol. The molecule has 1 amide bonds. The normalized spacial score (nSPS) is 11.6. The number of carboxylic acid groups (broad SMARTS) is 1. The molecule has 0 aliphatic carbocycles. The van der Waals surface area contributed by atoms with Gasteiger partial charge in [0.2, 0.25) is 0 Å². The number of hydrogen-bond acceptors (Lipinski definition) is 7. The Balaban J connectivity index is 1.85. The molecule has 0 atom stereocenters. The molecule has 14 heteroatoms. The Morgan fingerprint density at radius 2 is 1.70 bits per heavy atom. The summed E-state index contributed by atoms with van der Waals surface area (Å²) in [6.07, 6.45) is -1.19. The number of carbonyl (C=O) groups is 2. The Kier molecular flexibility index (Phi) is 8.95. The van der Waals surface area contributed by atoms with E-state index in [4.69, 9.17) is 9.47 Å². The van der Waals surface area contributed by atoms with E-state index in [1.54, 1.807) is 32.4 Å². The lowest BCUT2D eigenvalue weighted by molar-refractivity contribution is 0.0568. The molecule has 3 aromatic rings. The smallest absolute Gasteiger partial charge is 0.422 e. The molecular formula is C26H26F3N3O7S. The number of hydrogen-bond donors (Lipinski definition) is 4. The second-order valence-electron chi connectivity index (χ2n) is 9.51. The maximum absolute atomic E-state index is 14.7. The molecule has 40 heavy (non-hydrogen) atoms. The molecule has 0 fully saturated rings. The van der Waals surface area contributed by atoms with Crippen LogP contribution in [0.5, 0.6) is 11.5 Å². The minimum absolute atomic E-state index is 0.0576. The van der Waals surface area contributed by atoms with Crippen molar-refractivity contribution in [1.82, 2.24) is 9.44 Å². The summed E-state index contributed by atoms with van der Waals surface area (Å²) in [5.74, 6) is -6.21. The quantitative estimate of drug-likeness (QED) is 0.259. The molecule has 0 aliphatic heterocycles. The standard InChI is InChI=1S/C26H26F3N3O7S/c1-14-8-9-19(17(27)10-14)31-23-21(24(33)34)20(12-18(28)22(23)29)38-16-7-5-6-15(11-16)13-30-40(36,37)32-25(35)39-26(2,3)4/h5-12,30-31H,13H2,1-4H3,(H,32,35)(H,33,34). The monoisotopic (exact) mass is 581 g/mol. The van der Waals surface area contributed by atoms with Crippen molar-refractivity contribution in [3.8, 4) is 11.5 Å². The fraction of sp³-hybridized carbons (Fsp3) is 0.231. The minimum atomic E-state index is -4.32. The topological polar surface area (TPSA) is 143 Å². The largest absolute Gasteiger partial charge is 0.477 e. The van der Waals surface area contributed by atoms with Crippen LogP contribution in [0.2, 0.25) is 0 Å². The van der Waals surface area contributed by atoms with Gasteiger partial charge in [-0.2, -0.15) is 13.1 Å². The first-order valence-corrected chi connectivity index (χ1v) is 13.1. The molecule has 0 unspecified atom stereocenters. The molecule has 0 saturated heterocycles. The summed E-state index contributed by atoms with van der Waals surface area (Å²) in [4.78, 5) is 23.8. The van der Waals surface area contributed by atoms with Gasteiger partial charge in [-0.15, -0.1) is 0 Å². The molecule has 0 bridgehead atoms. The van der Waals surface area contributed by atoms with Gasteiger partial charge in [0, 0.05) is 12.6 Å². The first-order chi connectivity index (χ1) is 18.5. The van der Waals surface area contributed by atoms with Crippen molar-refractivity contribution in [2.45, 2.75) is 39.8 Å². The van der Waals surface area contributed by atoms with Gasteiger partial charge in [0.1, 0.15) is 28.5 Å². The molecule has 10 nitrogen and oxygen atoms in total. The maximum atomic E-state index is 14.7. The summed E-state index contributed by atoms with van der Waals surface area (Å²) >= 11 is 0. The molecule has 0 aromatic heterocycles. The van der Waals surface area contributed by atoms with Gasteiger partial charge >= 0.3 is 22.3 Å². The van der Waals surface area contributed by atoms with E-state index >= 15 is 0 Å². The number of ether oxygens (including phenoxy) is 2. The number of carbonyl (C=O) groups excluding carboxylic acids is 1. The van der Waals surface area contributed by atoms with Crippen LogP contribution in [-0.2, 0) is 21.5 Å². The van der Waals surface area contributed by atoms with Crippen molar-refractivity contribution in [2.75, 3.05) is 5.32 Å². The molecule has 0 saturated carbocycles. The zero-order valence-electron chi connectivity index (χ0n) is 21.8. The lowest BCUT2D eigenvalue weighted by atomic mass is 10.1. The Morgan fingerprint density at radius 1 is 1.00 bits per heavy atom. The van der Waals surface area contributed by atoms with E-state index in [1.807, 2.05) is 0 Å². The lowest BCUT2D eigenvalue weighted by Crippen LogP contribution is -2.42. The van der Waals surface area contributed by atoms with Gasteiger partial charge in [-0.3, -0.25) is 0 Å². The van der Waals surface area contributed by atoms with E-state index in [0.717, 1.165) is 6.07 Å². The third kappa shape index (κ3) is 8.10. The number of aryl methyl sites for hydroxylation is 1. The lowest BCUT2D eigenvalue weighted by Gasteiger charge is -2.19. The number of aromatic carboxylic acids is 1. The zero-order chi connectivity index (χ0) is 29.8. The zero-order valence-corrected chi connectivity index (χ0v) is 22.6. The molecular weight excluding hydrogens is 555 g/mol. The van der Waals surface area contributed by atoms with Crippen LogP contribution in [0, 0.1) is 24.4 Å². The van der Waals surface area contributed by atoms with Gasteiger partial charge in [-0.25, -0.2) is 27.5 Å². The van der Waals surface area contributed by atoms with Crippen LogP contribution in [0.25, 0.3) is 0 Å². The highest BCUT2D eigenvalue weighted by atomic mass is 32.2. The summed E-state index contributed by atoms with van der Waals surface area (Å²) in [6.45, 7) is 5.95. The summed E-state index contributed by atoms with van der Waals surface area (Å²) in [5.41, 5.74) is -2.05. The van der Waals surface area contributed by atoms with Gasteiger partial charge < -0.3 is 19.9 Å². The first-order valence-electron chi connectivity index (χ1n) is 11.6. The predicted molar refractivity (Wildman–Crippen MR) is 139 cm³/mol. The molecule has 3 aromatic carbocycles. The van der Waals surface area contributed by atoms with Crippen molar-refractivity contribution < 1.29 is 45.8 Å². The van der Waals surface area contributed by atoms with Gasteiger partial charge in [0.25, 0.3) is 0 Å². The van der Waals surface area contributed by atoms with Crippen molar-refractivity contribution in [3.05, 3.63) is 82.7 Å². The van der Waals surface area contributed by atoms with E-state index in [9.17, 15) is 36.3 Å². The van der Waals surface area contributed by atoms with E-state index in [1.165, 1.54) is 36.4 Å². The van der Waals surface area contributed by atoms with Gasteiger partial charge in [-0.1, -0.05) is 18.2 Å². The second-order valence-corrected chi connectivity index (χ2v) is 11.0. The van der Waals surface area contributed by atoms with Gasteiger partial charge in [0.15, 0.2) is 11.6 Å². The highest BCUT2D eigenvalue weighted by Crippen LogP contribution is 2.37. The molecule has 0 aliphatic rings. The fourth-order valence-corrected chi connectivity index (χ4v) is 4.03. The van der Waals surface area contributed by atoms with Crippen LogP contribution >= 0.6 is 0 Å². The SMILES string of the molecule is Cc1ccc(Nc2c(F)c(F)cc(Oc3cccc(CNS(=O)(=O)NC(=O)OC(C)(C)C)c3)c2C(=O)O)c(F)c1. The Morgan fingerprint density at radius 3 is 2.33 bits per heavy atom. The van der Waals surface area contributed by atoms with Crippen LogP contribution in [0.1, 0.15) is 42.3 Å². The van der Waals surface area contributed by atoms with Crippen molar-refractivity contribution >= 4 is 33.6 Å². The van der Waals surface area contributed by atoms with Crippen molar-refractivity contribution in [2.24, 2.45) is 0 Å². The predicted octanol–water partition coefficient (Wildman–Crippen LogP) is 5.51. The molecule has 0 heterocycles. The average Bonchev–Trinajstić information content (AvgIpc) is 2.81. The van der Waals surface area contributed by atoms with Crippen LogP contribution in [0.15, 0.2) is 48.5 Å². The number of amides is 1. The summed E-state index contributed by atoms with van der Waals surface area (Å²) in [6, 6.07) is 9.95. The van der Waals surface area contributed by atoms with Gasteiger partial charge in [0.05, 0.1) is 11.4 Å². The molecule has 0 radical (unpaired) electrons. The highest BCUT2D eigenvalue weighted by Gasteiger charge is 2.26. The highest BCUT2D eigenvalue weighted by molar-refractivity contribution is 7.88. The van der Waals surface area contributed by atoms with Crippen LogP contribution in [0.4, 0.5) is 29.3 Å². The Labute approximate surface area is 228 Å². The van der Waals surface area contributed by atoms with Crippen molar-refractivity contribution in [3.63, 3.8) is 0 Å². The van der Waals surface area contributed by atoms with Crippen LogP contribution < -0.4 is 19.5 Å². The maximum Gasteiger partial charge on any atom is 0.422 e. The minimum Gasteiger partial charge on any atom is -0.477 e. The van der Waals surface area contributed by atoms with Gasteiger partial charge in [-0.05, 0) is 63.1 Å². The fourth-order valence-electron chi connectivity index (χ4n) is 3.34. The second kappa shape index (κ2) is 11.8. The van der Waals surface area contributed by atoms with E-state index in [0.29, 0.717) is 17.2 Å². The summed E-state index contributed by atoms with van der Waals surface area (Å²) in [5, 5.41) is 12.1. The number of nitrogens with one attached hydrogen (secondary N) is 3. The number of carboxylic acids is 1. The number of rotatable bonds is 9. The summed E-state index contributed by atoms with van der Waals surface area (Å²) in [7, 11) is -4.32. The number of anilines is 2. The molecule has 214 valence electrons. The third-order valence-electron chi connectivity index (χ3n) is 4.99. The molecule has 4 N–H and O–H groups in total. The number of benzene rings is 3. The van der Waals surface area contributed by atoms with Crippen LogP contribution in [-0.4, -0.2) is 31.2 Å². The number of halogens is 3. The van der Waals surface area contributed by atoms with Crippen molar-refractivity contribution in [1.29, 1.82) is 0 Å². The first kappa shape index (κ1) is 30.2. The molecule has 0 spiro atoms. The Bertz CT molecular complexity index is 1560. The van der Waals surface area contributed by atoms with E-state index in [2.05, 4.69) is 10.0 Å². The summed E-state index contributed by atoms with van der Waals surface area (Å²) < 4.78 is 82.1. The van der Waals surface area contributed by atoms with E-state index < -0.39 is 62.3 Å². The van der Waals surface area contributed by atoms with E-state index in [-0.39, 0.29) is 18.0 Å². The third-order valence-corrected chi connectivity index (χ3v) is 5.95. The molecule has 3 rings (SSSR count). The Hall–Kier alpha value is -4.30. The van der Waals surface area contributed by atoms with Crippen LogP contribution in [0.3, 0.4) is 0 Å².